The standard InChI is InChI=1S/C26H36O6/c1-26(30,16-14-19-10-12-20(31-2)13-11-19)17-15-22-21(23(27)18-24(22)28)8-6-4-5-7-9-25(29)32-3/h10-13,21-22,24,28,30H,4-9,14,16,18H2,1-3H3/t21-,22-,24+,26+/m1/s1. The molecule has 0 heterocycles. The van der Waals surface area contributed by atoms with Crippen LogP contribution >= 0.6 is 0 Å². The third-order valence-corrected chi connectivity index (χ3v) is 6.11. The fourth-order valence-electron chi connectivity index (χ4n) is 4.06. The molecule has 2 N–H and O–H groups in total. The van der Waals surface area contributed by atoms with E-state index in [1.54, 1.807) is 14.0 Å². The van der Waals surface area contributed by atoms with Gasteiger partial charge in [-0.3, -0.25) is 9.59 Å². The van der Waals surface area contributed by atoms with Crippen molar-refractivity contribution in [2.24, 2.45) is 11.8 Å². The Hall–Kier alpha value is -2.36. The van der Waals surface area contributed by atoms with Crippen LogP contribution in [0.2, 0.25) is 0 Å². The minimum absolute atomic E-state index is 0.0456. The molecule has 1 fully saturated rings. The van der Waals surface area contributed by atoms with Crippen LogP contribution in [0.1, 0.15) is 63.9 Å². The first-order valence-corrected chi connectivity index (χ1v) is 11.4. The van der Waals surface area contributed by atoms with E-state index in [1.165, 1.54) is 7.11 Å². The van der Waals surface area contributed by atoms with E-state index in [2.05, 4.69) is 16.6 Å². The van der Waals surface area contributed by atoms with E-state index < -0.39 is 17.6 Å². The highest BCUT2D eigenvalue weighted by Crippen LogP contribution is 2.33. The van der Waals surface area contributed by atoms with Crippen LogP contribution in [0, 0.1) is 23.7 Å². The predicted octanol–water partition coefficient (Wildman–Crippen LogP) is 3.46. The van der Waals surface area contributed by atoms with Gasteiger partial charge in [0.05, 0.1) is 26.2 Å². The Bertz CT molecular complexity index is 802. The number of unbranched alkanes of at least 4 members (excludes halogenated alkanes) is 3. The number of rotatable bonds is 11. The van der Waals surface area contributed by atoms with Crippen LogP contribution in [0.3, 0.4) is 0 Å². The smallest absolute Gasteiger partial charge is 0.305 e. The maximum absolute atomic E-state index is 12.4. The van der Waals surface area contributed by atoms with E-state index in [0.717, 1.165) is 37.0 Å². The number of aryl methyl sites for hydroxylation is 1. The Morgan fingerprint density at radius 2 is 1.84 bits per heavy atom. The van der Waals surface area contributed by atoms with Gasteiger partial charge in [0.2, 0.25) is 0 Å². The Kier molecular flexibility index (Phi) is 10.2. The van der Waals surface area contributed by atoms with Crippen molar-refractivity contribution in [2.75, 3.05) is 14.2 Å². The van der Waals surface area contributed by atoms with Crippen LogP contribution in [0.5, 0.6) is 5.75 Å². The fourth-order valence-corrected chi connectivity index (χ4v) is 4.06. The average molecular weight is 445 g/mol. The molecule has 0 aromatic heterocycles. The van der Waals surface area contributed by atoms with Crippen LogP contribution in [-0.4, -0.2) is 47.9 Å². The number of esters is 1. The summed E-state index contributed by atoms with van der Waals surface area (Å²) in [5, 5.41) is 21.1. The molecule has 4 atom stereocenters. The molecule has 176 valence electrons. The van der Waals surface area contributed by atoms with Gasteiger partial charge in [0.1, 0.15) is 17.1 Å². The highest BCUT2D eigenvalue weighted by atomic mass is 16.5. The van der Waals surface area contributed by atoms with E-state index >= 15 is 0 Å². The number of hydrogen-bond donors (Lipinski definition) is 2. The normalized spacial score (nSPS) is 22.0. The highest BCUT2D eigenvalue weighted by Gasteiger charge is 2.40. The Balaban J connectivity index is 1.86. The summed E-state index contributed by atoms with van der Waals surface area (Å²) in [6.45, 7) is 1.67. The van der Waals surface area contributed by atoms with E-state index in [-0.39, 0.29) is 24.1 Å². The molecule has 1 aliphatic carbocycles. The summed E-state index contributed by atoms with van der Waals surface area (Å²) in [5.41, 5.74) is -0.127. The minimum Gasteiger partial charge on any atom is -0.497 e. The maximum Gasteiger partial charge on any atom is 0.305 e. The van der Waals surface area contributed by atoms with Crippen molar-refractivity contribution in [1.29, 1.82) is 0 Å². The first-order chi connectivity index (χ1) is 15.3. The van der Waals surface area contributed by atoms with Gasteiger partial charge in [0.25, 0.3) is 0 Å². The number of aliphatic hydroxyl groups is 2. The molecule has 1 aromatic rings. The first kappa shape index (κ1) is 25.9. The molecule has 6 heteroatoms. The lowest BCUT2D eigenvalue weighted by Gasteiger charge is -2.19. The number of carbonyl (C=O) groups excluding carboxylic acids is 2. The number of hydrogen-bond acceptors (Lipinski definition) is 6. The second-order valence-electron chi connectivity index (χ2n) is 8.79. The summed E-state index contributed by atoms with van der Waals surface area (Å²) in [5.74, 6) is 5.85. The van der Waals surface area contributed by atoms with Gasteiger partial charge >= 0.3 is 5.97 Å². The molecule has 0 aliphatic heterocycles. The Morgan fingerprint density at radius 3 is 2.50 bits per heavy atom. The quantitative estimate of drug-likeness (QED) is 0.308. The van der Waals surface area contributed by atoms with E-state index in [9.17, 15) is 19.8 Å². The summed E-state index contributed by atoms with van der Waals surface area (Å²) in [4.78, 5) is 23.5. The lowest BCUT2D eigenvalue weighted by Crippen LogP contribution is -2.25. The molecule has 1 aromatic carbocycles. The first-order valence-electron chi connectivity index (χ1n) is 11.4. The van der Waals surface area contributed by atoms with Crippen molar-refractivity contribution < 1.29 is 29.3 Å². The van der Waals surface area contributed by atoms with E-state index in [1.807, 2.05) is 24.3 Å². The molecular weight excluding hydrogens is 408 g/mol. The van der Waals surface area contributed by atoms with Crippen molar-refractivity contribution in [3.8, 4) is 17.6 Å². The maximum atomic E-state index is 12.4. The second-order valence-corrected chi connectivity index (χ2v) is 8.79. The number of ether oxygens (including phenoxy) is 2. The summed E-state index contributed by atoms with van der Waals surface area (Å²) < 4.78 is 9.79. The number of carbonyl (C=O) groups is 2. The van der Waals surface area contributed by atoms with Crippen LogP contribution in [0.15, 0.2) is 24.3 Å². The van der Waals surface area contributed by atoms with Crippen molar-refractivity contribution in [1.82, 2.24) is 0 Å². The van der Waals surface area contributed by atoms with Crippen LogP contribution < -0.4 is 4.74 Å². The Labute approximate surface area is 191 Å². The number of ketones is 1. The van der Waals surface area contributed by atoms with Gasteiger partial charge in [0.15, 0.2) is 0 Å². The van der Waals surface area contributed by atoms with Crippen molar-refractivity contribution in [2.45, 2.75) is 76.4 Å². The van der Waals surface area contributed by atoms with Gasteiger partial charge in [-0.15, -0.1) is 0 Å². The SMILES string of the molecule is COC(=O)CCCCCC[C@H]1C(=O)C[C@H](O)[C@@H]1C#C[C@@](C)(O)CCc1ccc(OC)cc1. The predicted molar refractivity (Wildman–Crippen MR) is 122 cm³/mol. The molecule has 32 heavy (non-hydrogen) atoms. The molecule has 0 saturated heterocycles. The summed E-state index contributed by atoms with van der Waals surface area (Å²) in [7, 11) is 3.01. The zero-order valence-corrected chi connectivity index (χ0v) is 19.4. The third kappa shape index (κ3) is 8.29. The van der Waals surface area contributed by atoms with Gasteiger partial charge in [-0.25, -0.2) is 0 Å². The molecule has 1 saturated carbocycles. The van der Waals surface area contributed by atoms with Crippen LogP contribution in [0.4, 0.5) is 0 Å². The molecular formula is C26H36O6. The largest absolute Gasteiger partial charge is 0.497 e. The minimum atomic E-state index is -1.20. The van der Waals surface area contributed by atoms with Gasteiger partial charge in [-0.05, 0) is 50.3 Å². The summed E-state index contributed by atoms with van der Waals surface area (Å²) in [6.07, 6.45) is 4.97. The fraction of sp³-hybridized carbons (Fsp3) is 0.615. The van der Waals surface area contributed by atoms with Gasteiger partial charge < -0.3 is 19.7 Å². The number of methoxy groups -OCH3 is 2. The van der Waals surface area contributed by atoms with Crippen molar-refractivity contribution in [3.05, 3.63) is 29.8 Å². The monoisotopic (exact) mass is 444 g/mol. The third-order valence-electron chi connectivity index (χ3n) is 6.11. The lowest BCUT2D eigenvalue weighted by atomic mass is 9.88. The molecule has 0 radical (unpaired) electrons. The van der Waals surface area contributed by atoms with Crippen LogP contribution in [0.25, 0.3) is 0 Å². The molecule has 0 bridgehead atoms. The topological polar surface area (TPSA) is 93.1 Å². The average Bonchev–Trinajstić information content (AvgIpc) is 3.05. The highest BCUT2D eigenvalue weighted by molar-refractivity contribution is 5.85. The number of Topliss-reactive ketones (excluding diaryl/α,β-unsaturated/α-hetero) is 1. The summed E-state index contributed by atoms with van der Waals surface area (Å²) in [6, 6.07) is 7.69. The molecule has 1 aliphatic rings. The number of aliphatic hydroxyl groups excluding tert-OH is 1. The van der Waals surface area contributed by atoms with Crippen molar-refractivity contribution >= 4 is 11.8 Å². The van der Waals surface area contributed by atoms with Gasteiger partial charge in [0, 0.05) is 18.8 Å². The van der Waals surface area contributed by atoms with Crippen LogP contribution in [-0.2, 0) is 20.7 Å². The van der Waals surface area contributed by atoms with Crippen molar-refractivity contribution in [3.63, 3.8) is 0 Å². The molecule has 2 rings (SSSR count). The van der Waals surface area contributed by atoms with E-state index in [0.29, 0.717) is 25.7 Å². The second kappa shape index (κ2) is 12.6. The van der Waals surface area contributed by atoms with E-state index in [4.69, 9.17) is 4.74 Å². The molecule has 0 spiro atoms. The molecule has 6 nitrogen and oxygen atoms in total. The molecule has 0 amide bonds. The zero-order valence-electron chi connectivity index (χ0n) is 19.4. The zero-order chi connectivity index (χ0) is 23.6. The molecule has 0 unspecified atom stereocenters. The lowest BCUT2D eigenvalue weighted by molar-refractivity contribution is -0.140. The van der Waals surface area contributed by atoms with Gasteiger partial charge in [-0.2, -0.15) is 0 Å². The Morgan fingerprint density at radius 1 is 1.16 bits per heavy atom. The van der Waals surface area contributed by atoms with Gasteiger partial charge in [-0.1, -0.05) is 43.2 Å². The summed E-state index contributed by atoms with van der Waals surface area (Å²) >= 11 is 0. The number of benzene rings is 1.